The fourth-order valence-corrected chi connectivity index (χ4v) is 3.39. The molecule has 0 unspecified atom stereocenters. The third-order valence-corrected chi connectivity index (χ3v) is 5.12. The van der Waals surface area contributed by atoms with E-state index in [0.717, 1.165) is 12.8 Å². The second kappa shape index (κ2) is 6.49. The van der Waals surface area contributed by atoms with Gasteiger partial charge in [0.25, 0.3) is 5.91 Å². The highest BCUT2D eigenvalue weighted by molar-refractivity contribution is 7.89. The molecule has 0 radical (unpaired) electrons. The van der Waals surface area contributed by atoms with Gasteiger partial charge in [-0.05, 0) is 37.1 Å². The van der Waals surface area contributed by atoms with Crippen LogP contribution >= 0.6 is 0 Å². The highest BCUT2D eigenvalue weighted by atomic mass is 32.2. The molecule has 25 heavy (non-hydrogen) atoms. The molecule has 1 aliphatic carbocycles. The van der Waals surface area contributed by atoms with Crippen molar-refractivity contribution in [3.05, 3.63) is 59.4 Å². The van der Waals surface area contributed by atoms with Crippen LogP contribution in [-0.4, -0.2) is 20.4 Å². The molecule has 0 spiro atoms. The van der Waals surface area contributed by atoms with Crippen LogP contribution in [-0.2, 0) is 10.0 Å². The highest BCUT2D eigenvalue weighted by Crippen LogP contribution is 2.23. The van der Waals surface area contributed by atoms with Gasteiger partial charge in [-0.15, -0.1) is 0 Å². The van der Waals surface area contributed by atoms with E-state index < -0.39 is 39.1 Å². The van der Waals surface area contributed by atoms with Crippen molar-refractivity contribution in [1.82, 2.24) is 4.72 Å². The van der Waals surface area contributed by atoms with Crippen molar-refractivity contribution < 1.29 is 26.4 Å². The summed E-state index contributed by atoms with van der Waals surface area (Å²) in [5, 5.41) is 2.11. The van der Waals surface area contributed by atoms with Gasteiger partial charge in [-0.3, -0.25) is 4.79 Å². The lowest BCUT2D eigenvalue weighted by atomic mass is 10.2. The SMILES string of the molecule is O=C(Nc1cc(F)c(F)cc1F)c1ccc(S(=O)(=O)NC2CC2)cc1. The first-order valence-electron chi connectivity index (χ1n) is 7.34. The molecule has 1 amide bonds. The van der Waals surface area contributed by atoms with Gasteiger partial charge in [0.2, 0.25) is 10.0 Å². The zero-order valence-electron chi connectivity index (χ0n) is 12.7. The van der Waals surface area contributed by atoms with Crippen molar-refractivity contribution >= 4 is 21.6 Å². The largest absolute Gasteiger partial charge is 0.319 e. The summed E-state index contributed by atoms with van der Waals surface area (Å²) < 4.78 is 66.1. The van der Waals surface area contributed by atoms with Gasteiger partial charge in [0, 0.05) is 23.7 Å². The molecule has 0 atom stereocenters. The van der Waals surface area contributed by atoms with Crippen molar-refractivity contribution in [2.24, 2.45) is 0 Å². The number of carbonyl (C=O) groups is 1. The number of halogens is 3. The number of amides is 1. The number of hydrogen-bond donors (Lipinski definition) is 2. The van der Waals surface area contributed by atoms with Crippen molar-refractivity contribution in [1.29, 1.82) is 0 Å². The Balaban J connectivity index is 1.76. The smallest absolute Gasteiger partial charge is 0.255 e. The second-order valence-corrected chi connectivity index (χ2v) is 7.33. The van der Waals surface area contributed by atoms with Crippen molar-refractivity contribution in [3.63, 3.8) is 0 Å². The molecule has 3 rings (SSSR count). The van der Waals surface area contributed by atoms with Crippen molar-refractivity contribution in [2.75, 3.05) is 5.32 Å². The number of hydrogen-bond acceptors (Lipinski definition) is 3. The van der Waals surface area contributed by atoms with Crippen LogP contribution in [0, 0.1) is 17.5 Å². The molecule has 9 heteroatoms. The van der Waals surface area contributed by atoms with E-state index in [1.54, 1.807) is 0 Å². The van der Waals surface area contributed by atoms with Gasteiger partial charge in [0.05, 0.1) is 10.6 Å². The third kappa shape index (κ3) is 3.99. The molecule has 0 heterocycles. The molecule has 1 saturated carbocycles. The molecule has 0 aliphatic heterocycles. The van der Waals surface area contributed by atoms with E-state index in [4.69, 9.17) is 0 Å². The van der Waals surface area contributed by atoms with Crippen LogP contribution in [0.1, 0.15) is 23.2 Å². The van der Waals surface area contributed by atoms with Crippen molar-refractivity contribution in [3.8, 4) is 0 Å². The summed E-state index contributed by atoms with van der Waals surface area (Å²) >= 11 is 0. The Kier molecular flexibility index (Phi) is 4.53. The molecule has 5 nitrogen and oxygen atoms in total. The van der Waals surface area contributed by atoms with Crippen LogP contribution < -0.4 is 10.0 Å². The lowest BCUT2D eigenvalue weighted by Crippen LogP contribution is -2.25. The lowest BCUT2D eigenvalue weighted by molar-refractivity contribution is 0.102. The molecule has 132 valence electrons. The van der Waals surface area contributed by atoms with E-state index >= 15 is 0 Å². The van der Waals surface area contributed by atoms with Crippen LogP contribution in [0.15, 0.2) is 41.3 Å². The second-order valence-electron chi connectivity index (χ2n) is 5.62. The van der Waals surface area contributed by atoms with Crippen LogP contribution in [0.25, 0.3) is 0 Å². The predicted molar refractivity (Wildman–Crippen MR) is 84.1 cm³/mol. The number of nitrogens with one attached hydrogen (secondary N) is 2. The molecule has 2 aromatic carbocycles. The minimum Gasteiger partial charge on any atom is -0.319 e. The maximum absolute atomic E-state index is 13.5. The van der Waals surface area contributed by atoms with E-state index in [-0.39, 0.29) is 16.5 Å². The molecule has 1 fully saturated rings. The maximum atomic E-state index is 13.5. The van der Waals surface area contributed by atoms with Crippen LogP contribution in [0.4, 0.5) is 18.9 Å². The standard InChI is InChI=1S/C16H13F3N2O3S/c17-12-7-14(19)15(8-13(12)18)20-16(22)9-1-5-11(6-2-9)25(23,24)21-10-3-4-10/h1-2,5-8,10,21H,3-4H2,(H,20,22). The highest BCUT2D eigenvalue weighted by Gasteiger charge is 2.28. The summed E-state index contributed by atoms with van der Waals surface area (Å²) in [4.78, 5) is 12.0. The molecule has 0 aromatic heterocycles. The van der Waals surface area contributed by atoms with Crippen LogP contribution in [0.5, 0.6) is 0 Å². The first-order valence-corrected chi connectivity index (χ1v) is 8.83. The number of rotatable bonds is 5. The number of sulfonamides is 1. The molecular formula is C16H13F3N2O3S. The number of benzene rings is 2. The Bertz CT molecular complexity index is 926. The molecular weight excluding hydrogens is 357 g/mol. The Labute approximate surface area is 141 Å². The number of anilines is 1. The first kappa shape index (κ1) is 17.4. The summed E-state index contributed by atoms with van der Waals surface area (Å²) in [5.74, 6) is -4.58. The first-order chi connectivity index (χ1) is 11.8. The van der Waals surface area contributed by atoms with Crippen LogP contribution in [0.2, 0.25) is 0 Å². The number of carbonyl (C=O) groups excluding carboxylic acids is 1. The van der Waals surface area contributed by atoms with Crippen molar-refractivity contribution in [2.45, 2.75) is 23.8 Å². The van der Waals surface area contributed by atoms with E-state index in [2.05, 4.69) is 10.0 Å². The van der Waals surface area contributed by atoms with Gasteiger partial charge in [-0.2, -0.15) is 0 Å². The Morgan fingerprint density at radius 3 is 2.16 bits per heavy atom. The monoisotopic (exact) mass is 370 g/mol. The molecule has 2 aromatic rings. The van der Waals surface area contributed by atoms with E-state index in [9.17, 15) is 26.4 Å². The molecule has 0 saturated heterocycles. The summed E-state index contributed by atoms with van der Waals surface area (Å²) in [7, 11) is -3.65. The zero-order chi connectivity index (χ0) is 18.2. The van der Waals surface area contributed by atoms with Gasteiger partial charge >= 0.3 is 0 Å². The Morgan fingerprint density at radius 2 is 1.56 bits per heavy atom. The fourth-order valence-electron chi connectivity index (χ4n) is 2.09. The fraction of sp³-hybridized carbons (Fsp3) is 0.188. The van der Waals surface area contributed by atoms with Gasteiger partial charge in [-0.25, -0.2) is 26.3 Å². The molecule has 1 aliphatic rings. The van der Waals surface area contributed by atoms with Gasteiger partial charge in [0.1, 0.15) is 5.82 Å². The molecule has 0 bridgehead atoms. The topological polar surface area (TPSA) is 75.3 Å². The average molecular weight is 370 g/mol. The summed E-state index contributed by atoms with van der Waals surface area (Å²) in [6.07, 6.45) is 1.58. The average Bonchev–Trinajstić information content (AvgIpc) is 3.36. The minimum atomic E-state index is -3.65. The minimum absolute atomic E-state index is 0.00467. The van der Waals surface area contributed by atoms with E-state index in [0.29, 0.717) is 12.1 Å². The van der Waals surface area contributed by atoms with E-state index in [1.165, 1.54) is 24.3 Å². The summed E-state index contributed by atoms with van der Waals surface area (Å²) in [6, 6.07) is 5.76. The summed E-state index contributed by atoms with van der Waals surface area (Å²) in [5.41, 5.74) is -0.481. The molecule has 2 N–H and O–H groups in total. The van der Waals surface area contributed by atoms with Gasteiger partial charge in [0.15, 0.2) is 11.6 Å². The van der Waals surface area contributed by atoms with Crippen LogP contribution in [0.3, 0.4) is 0 Å². The lowest BCUT2D eigenvalue weighted by Gasteiger charge is -2.09. The summed E-state index contributed by atoms with van der Waals surface area (Å²) in [6.45, 7) is 0. The normalized spacial score (nSPS) is 14.4. The Hall–Kier alpha value is -2.39. The zero-order valence-corrected chi connectivity index (χ0v) is 13.5. The van der Waals surface area contributed by atoms with Gasteiger partial charge < -0.3 is 5.32 Å². The third-order valence-electron chi connectivity index (χ3n) is 3.58. The predicted octanol–water partition coefficient (Wildman–Crippen LogP) is 2.80. The van der Waals surface area contributed by atoms with E-state index in [1.807, 2.05) is 0 Å². The quantitative estimate of drug-likeness (QED) is 0.795. The van der Waals surface area contributed by atoms with Gasteiger partial charge in [-0.1, -0.05) is 0 Å². The Morgan fingerprint density at radius 1 is 0.960 bits per heavy atom. The maximum Gasteiger partial charge on any atom is 0.255 e.